The van der Waals surface area contributed by atoms with Gasteiger partial charge in [0.2, 0.25) is 9.76 Å². The summed E-state index contributed by atoms with van der Waals surface area (Å²) in [6, 6.07) is 0. The van der Waals surface area contributed by atoms with Gasteiger partial charge in [-0.15, -0.1) is 0 Å². The predicted molar refractivity (Wildman–Crippen MR) is 50.6 cm³/mol. The molecule has 12 heavy (non-hydrogen) atoms. The van der Waals surface area contributed by atoms with Crippen LogP contribution in [0.25, 0.3) is 0 Å². The van der Waals surface area contributed by atoms with E-state index in [1.807, 2.05) is 20.8 Å². The molecular formula is C8H18O3Si. The number of carbonyl (C=O) groups excluding carboxylic acids is 1. The van der Waals surface area contributed by atoms with Crippen LogP contribution in [0.2, 0.25) is 0 Å². The smallest absolute Gasteiger partial charge is 0.302 e. The van der Waals surface area contributed by atoms with E-state index in [4.69, 9.17) is 9.16 Å². The lowest BCUT2D eigenvalue weighted by molar-refractivity contribution is -0.143. The average Bonchev–Trinajstić information content (AvgIpc) is 1.97. The van der Waals surface area contributed by atoms with Gasteiger partial charge in [0.05, 0.1) is 0 Å². The summed E-state index contributed by atoms with van der Waals surface area (Å²) < 4.78 is 10.5. The first-order chi connectivity index (χ1) is 5.56. The molecule has 0 aliphatic heterocycles. The van der Waals surface area contributed by atoms with E-state index in [-0.39, 0.29) is 17.8 Å². The van der Waals surface area contributed by atoms with Crippen molar-refractivity contribution in [3.05, 3.63) is 0 Å². The Balaban J connectivity index is 3.60. The summed E-state index contributed by atoms with van der Waals surface area (Å²) in [6.45, 7) is 7.43. The number of ether oxygens (including phenoxy) is 1. The molecule has 0 aromatic carbocycles. The lowest BCUT2D eigenvalue weighted by Gasteiger charge is -2.16. The molecule has 0 saturated carbocycles. The molecule has 0 aliphatic rings. The maximum atomic E-state index is 10.6. The molecule has 0 heterocycles. The number of hydrogen-bond donors (Lipinski definition) is 0. The van der Waals surface area contributed by atoms with Crippen molar-refractivity contribution in [2.75, 3.05) is 0 Å². The maximum Gasteiger partial charge on any atom is 0.302 e. The fourth-order valence-electron chi connectivity index (χ4n) is 0.770. The molecule has 0 aromatic heterocycles. The molecule has 0 spiro atoms. The van der Waals surface area contributed by atoms with E-state index in [1.165, 1.54) is 6.92 Å². The minimum atomic E-state index is -0.708. The zero-order valence-corrected chi connectivity index (χ0v) is 9.71. The van der Waals surface area contributed by atoms with Crippen LogP contribution in [0.1, 0.15) is 34.1 Å². The number of rotatable bonds is 5. The van der Waals surface area contributed by atoms with Crippen LogP contribution in [0, 0.1) is 0 Å². The van der Waals surface area contributed by atoms with Gasteiger partial charge in [0, 0.05) is 13.0 Å². The summed E-state index contributed by atoms with van der Waals surface area (Å²) in [5.41, 5.74) is 0.0462. The van der Waals surface area contributed by atoms with Crippen LogP contribution in [0.4, 0.5) is 0 Å². The van der Waals surface area contributed by atoms with E-state index in [0.29, 0.717) is 0 Å². The van der Waals surface area contributed by atoms with E-state index in [9.17, 15) is 4.79 Å². The zero-order valence-electron chi connectivity index (χ0n) is 8.29. The fourth-order valence-corrected chi connectivity index (χ4v) is 1.91. The molecule has 0 aliphatic carbocycles. The first-order valence-electron chi connectivity index (χ1n) is 4.35. The predicted octanol–water partition coefficient (Wildman–Crippen LogP) is 0.794. The molecule has 3 nitrogen and oxygen atoms in total. The van der Waals surface area contributed by atoms with Crippen LogP contribution in [0.15, 0.2) is 0 Å². The Hall–Kier alpha value is -0.353. The summed E-state index contributed by atoms with van der Waals surface area (Å²) in [5.74, 6) is -0.207. The van der Waals surface area contributed by atoms with Gasteiger partial charge in [-0.3, -0.25) is 4.79 Å². The Morgan fingerprint density at radius 2 is 2.08 bits per heavy atom. The van der Waals surface area contributed by atoms with Crippen molar-refractivity contribution in [1.29, 1.82) is 0 Å². The fraction of sp³-hybridized carbons (Fsp3) is 0.875. The molecule has 0 rings (SSSR count). The van der Waals surface area contributed by atoms with Gasteiger partial charge in [0.1, 0.15) is 5.73 Å². The van der Waals surface area contributed by atoms with E-state index in [1.54, 1.807) is 0 Å². The molecule has 0 N–H and O–H groups in total. The third-order valence-electron chi connectivity index (χ3n) is 1.40. The molecule has 0 fully saturated rings. The molecule has 1 atom stereocenters. The number of carbonyl (C=O) groups is 1. The van der Waals surface area contributed by atoms with Crippen LogP contribution in [-0.2, 0) is 14.0 Å². The van der Waals surface area contributed by atoms with Crippen LogP contribution < -0.4 is 0 Å². The van der Waals surface area contributed by atoms with Gasteiger partial charge in [-0.05, 0) is 20.3 Å². The van der Waals surface area contributed by atoms with Gasteiger partial charge in [-0.2, -0.15) is 0 Å². The molecule has 72 valence electrons. The largest absolute Gasteiger partial charge is 0.464 e. The molecule has 4 heteroatoms. The number of esters is 1. The SMILES string of the molecule is CCC(OC(C)=O)[SiH2]OC(C)C. The molecule has 0 saturated heterocycles. The van der Waals surface area contributed by atoms with Crippen molar-refractivity contribution < 1.29 is 14.0 Å². The standard InChI is InChI=1S/C8H18O3Si/c1-5-8(10-7(4)9)12-11-6(2)3/h6,8H,5,12H2,1-4H3. The van der Waals surface area contributed by atoms with Gasteiger partial charge < -0.3 is 9.16 Å². The maximum absolute atomic E-state index is 10.6. The van der Waals surface area contributed by atoms with Gasteiger partial charge in [0.25, 0.3) is 0 Å². The summed E-state index contributed by atoms with van der Waals surface area (Å²) >= 11 is 0. The average molecular weight is 190 g/mol. The second-order valence-corrected chi connectivity index (χ2v) is 4.60. The Kier molecular flexibility index (Phi) is 6.01. The molecule has 0 amide bonds. The monoisotopic (exact) mass is 190 g/mol. The Morgan fingerprint density at radius 1 is 1.50 bits per heavy atom. The lowest BCUT2D eigenvalue weighted by Crippen LogP contribution is -2.26. The van der Waals surface area contributed by atoms with Crippen LogP contribution in [-0.4, -0.2) is 27.6 Å². The first kappa shape index (κ1) is 11.6. The molecule has 0 radical (unpaired) electrons. The van der Waals surface area contributed by atoms with Crippen molar-refractivity contribution >= 4 is 15.7 Å². The summed E-state index contributed by atoms with van der Waals surface area (Å²) in [5, 5.41) is 0. The Bertz CT molecular complexity index is 136. The highest BCUT2D eigenvalue weighted by molar-refractivity contribution is 6.29. The van der Waals surface area contributed by atoms with Crippen molar-refractivity contribution in [2.24, 2.45) is 0 Å². The van der Waals surface area contributed by atoms with Crippen molar-refractivity contribution in [2.45, 2.75) is 45.9 Å². The van der Waals surface area contributed by atoms with Gasteiger partial charge in [0.15, 0.2) is 0 Å². The van der Waals surface area contributed by atoms with Crippen LogP contribution in [0.5, 0.6) is 0 Å². The van der Waals surface area contributed by atoms with E-state index in [0.717, 1.165) is 6.42 Å². The Morgan fingerprint density at radius 3 is 2.42 bits per heavy atom. The van der Waals surface area contributed by atoms with Crippen molar-refractivity contribution in [3.8, 4) is 0 Å². The Labute approximate surface area is 76.4 Å². The topological polar surface area (TPSA) is 35.5 Å². The molecule has 0 aromatic rings. The molecular weight excluding hydrogens is 172 g/mol. The normalized spacial score (nSPS) is 14.1. The quantitative estimate of drug-likeness (QED) is 0.475. The van der Waals surface area contributed by atoms with Crippen molar-refractivity contribution in [3.63, 3.8) is 0 Å². The summed E-state index contributed by atoms with van der Waals surface area (Å²) in [7, 11) is -0.708. The van der Waals surface area contributed by atoms with E-state index in [2.05, 4.69) is 0 Å². The van der Waals surface area contributed by atoms with Gasteiger partial charge in [-0.25, -0.2) is 0 Å². The van der Waals surface area contributed by atoms with Gasteiger partial charge in [-0.1, -0.05) is 6.92 Å². The van der Waals surface area contributed by atoms with Crippen LogP contribution >= 0.6 is 0 Å². The molecule has 0 bridgehead atoms. The minimum Gasteiger partial charge on any atom is -0.464 e. The van der Waals surface area contributed by atoms with E-state index < -0.39 is 9.76 Å². The third-order valence-corrected chi connectivity index (χ3v) is 3.38. The molecule has 1 unspecified atom stereocenters. The highest BCUT2D eigenvalue weighted by Gasteiger charge is 2.11. The lowest BCUT2D eigenvalue weighted by atomic mass is 10.5. The second-order valence-electron chi connectivity index (χ2n) is 3.02. The highest BCUT2D eigenvalue weighted by Crippen LogP contribution is 1.99. The zero-order chi connectivity index (χ0) is 9.56. The van der Waals surface area contributed by atoms with Gasteiger partial charge >= 0.3 is 5.97 Å². The summed E-state index contributed by atoms with van der Waals surface area (Å²) in [6.07, 6.45) is 1.11. The first-order valence-corrected chi connectivity index (χ1v) is 5.74. The third kappa shape index (κ3) is 6.36. The second kappa shape index (κ2) is 6.19. The highest BCUT2D eigenvalue weighted by atomic mass is 28.2. The number of hydrogen-bond acceptors (Lipinski definition) is 3. The van der Waals surface area contributed by atoms with Crippen molar-refractivity contribution in [1.82, 2.24) is 0 Å². The minimum absolute atomic E-state index is 0.0462. The van der Waals surface area contributed by atoms with Crippen LogP contribution in [0.3, 0.4) is 0 Å². The van der Waals surface area contributed by atoms with E-state index >= 15 is 0 Å². The summed E-state index contributed by atoms with van der Waals surface area (Å²) in [4.78, 5) is 10.6.